The molecule has 0 aromatic heterocycles. The van der Waals surface area contributed by atoms with E-state index in [-0.39, 0.29) is 18.8 Å². The van der Waals surface area contributed by atoms with Gasteiger partial charge in [-0.15, -0.1) is 0 Å². The molecule has 0 aromatic carbocycles. The van der Waals surface area contributed by atoms with Gasteiger partial charge in [0.15, 0.2) is 6.10 Å². The normalized spacial score (nSPS) is 23.8. The molecular formula is C8H14O5. The van der Waals surface area contributed by atoms with E-state index in [1.165, 1.54) is 0 Å². The van der Waals surface area contributed by atoms with Gasteiger partial charge in [-0.05, 0) is 6.92 Å². The maximum absolute atomic E-state index is 10.5. The summed E-state index contributed by atoms with van der Waals surface area (Å²) in [4.78, 5) is 10.5. The molecule has 1 aliphatic heterocycles. The van der Waals surface area contributed by atoms with Crippen LogP contribution in [0.3, 0.4) is 0 Å². The van der Waals surface area contributed by atoms with Crippen LogP contribution in [0.4, 0.5) is 4.79 Å². The number of carbonyl (C=O) groups is 1. The highest BCUT2D eigenvalue weighted by molar-refractivity contribution is 5.61. The van der Waals surface area contributed by atoms with E-state index < -0.39 is 6.16 Å². The Morgan fingerprint density at radius 3 is 3.00 bits per heavy atom. The molecule has 5 heteroatoms. The predicted molar refractivity (Wildman–Crippen MR) is 43.5 cm³/mol. The Morgan fingerprint density at radius 2 is 2.46 bits per heavy atom. The van der Waals surface area contributed by atoms with Crippen molar-refractivity contribution in [3.63, 3.8) is 0 Å². The lowest BCUT2D eigenvalue weighted by molar-refractivity contribution is -0.0248. The van der Waals surface area contributed by atoms with Gasteiger partial charge in [-0.1, -0.05) is 0 Å². The Kier molecular flexibility index (Phi) is 3.98. The molecule has 0 N–H and O–H groups in total. The van der Waals surface area contributed by atoms with Crippen molar-refractivity contribution in [1.29, 1.82) is 0 Å². The summed E-state index contributed by atoms with van der Waals surface area (Å²) in [5.41, 5.74) is 0. The first-order valence-corrected chi connectivity index (χ1v) is 4.16. The van der Waals surface area contributed by atoms with E-state index in [1.807, 2.05) is 6.92 Å². The monoisotopic (exact) mass is 190 g/mol. The Balaban J connectivity index is 2.08. The number of hydrogen-bond donors (Lipinski definition) is 0. The van der Waals surface area contributed by atoms with Crippen LogP contribution in [0.25, 0.3) is 0 Å². The third-order valence-corrected chi connectivity index (χ3v) is 1.62. The zero-order valence-electron chi connectivity index (χ0n) is 7.82. The zero-order valence-corrected chi connectivity index (χ0v) is 7.82. The summed E-state index contributed by atoms with van der Waals surface area (Å²) in [5.74, 6) is 0. The minimum absolute atomic E-state index is 0.00398. The van der Waals surface area contributed by atoms with Gasteiger partial charge in [0.2, 0.25) is 0 Å². The summed E-state index contributed by atoms with van der Waals surface area (Å²) < 4.78 is 19.6. The van der Waals surface area contributed by atoms with Crippen LogP contribution in [0, 0.1) is 0 Å². The molecule has 2 atom stereocenters. The van der Waals surface area contributed by atoms with Crippen molar-refractivity contribution in [2.75, 3.05) is 26.9 Å². The van der Waals surface area contributed by atoms with Gasteiger partial charge in [0, 0.05) is 7.11 Å². The topological polar surface area (TPSA) is 54.0 Å². The third-order valence-electron chi connectivity index (χ3n) is 1.62. The molecule has 0 amide bonds. The molecule has 1 aliphatic rings. The lowest BCUT2D eigenvalue weighted by Gasteiger charge is -2.13. The molecule has 0 aliphatic carbocycles. The highest BCUT2D eigenvalue weighted by atomic mass is 16.8. The molecule has 0 spiro atoms. The largest absolute Gasteiger partial charge is 0.508 e. The van der Waals surface area contributed by atoms with Gasteiger partial charge >= 0.3 is 6.16 Å². The van der Waals surface area contributed by atoms with Gasteiger partial charge < -0.3 is 18.9 Å². The SMILES string of the molecule is COCC(C)OCC1COC(=O)O1. The van der Waals surface area contributed by atoms with Gasteiger partial charge in [-0.2, -0.15) is 0 Å². The number of cyclic esters (lactones) is 2. The Labute approximate surface area is 76.9 Å². The third kappa shape index (κ3) is 3.61. The van der Waals surface area contributed by atoms with Gasteiger partial charge in [0.1, 0.15) is 6.61 Å². The molecule has 1 saturated heterocycles. The first kappa shape index (κ1) is 10.3. The van der Waals surface area contributed by atoms with Crippen LogP contribution >= 0.6 is 0 Å². The lowest BCUT2D eigenvalue weighted by Crippen LogP contribution is -2.24. The Bertz CT molecular complexity index is 170. The number of methoxy groups -OCH3 is 1. The summed E-state index contributed by atoms with van der Waals surface area (Å²) in [7, 11) is 1.61. The van der Waals surface area contributed by atoms with Gasteiger partial charge in [0.25, 0.3) is 0 Å². The fourth-order valence-corrected chi connectivity index (χ4v) is 1.00. The highest BCUT2D eigenvalue weighted by Gasteiger charge is 2.25. The van der Waals surface area contributed by atoms with E-state index in [0.717, 1.165) is 0 Å². The quantitative estimate of drug-likeness (QED) is 0.593. The van der Waals surface area contributed by atoms with Crippen LogP contribution in [0.5, 0.6) is 0 Å². The summed E-state index contributed by atoms with van der Waals surface area (Å²) >= 11 is 0. The summed E-state index contributed by atoms with van der Waals surface area (Å²) in [6, 6.07) is 0. The number of ether oxygens (including phenoxy) is 4. The predicted octanol–water partition coefficient (Wildman–Crippen LogP) is 0.573. The smallest absolute Gasteiger partial charge is 0.430 e. The first-order chi connectivity index (χ1) is 6.22. The Hall–Kier alpha value is -0.810. The molecule has 76 valence electrons. The number of carbonyl (C=O) groups excluding carboxylic acids is 1. The number of hydrogen-bond acceptors (Lipinski definition) is 5. The van der Waals surface area contributed by atoms with Crippen molar-refractivity contribution in [2.24, 2.45) is 0 Å². The fraction of sp³-hybridized carbons (Fsp3) is 0.875. The maximum atomic E-state index is 10.5. The standard InChI is InChI=1S/C8H14O5/c1-6(3-10-2)11-4-7-5-12-8(9)13-7/h6-7H,3-5H2,1-2H3. The second-order valence-corrected chi connectivity index (χ2v) is 2.90. The van der Waals surface area contributed by atoms with Crippen molar-refractivity contribution < 1.29 is 23.7 Å². The molecule has 5 nitrogen and oxygen atoms in total. The van der Waals surface area contributed by atoms with Crippen molar-refractivity contribution in [3.8, 4) is 0 Å². The molecule has 13 heavy (non-hydrogen) atoms. The van der Waals surface area contributed by atoms with Crippen LogP contribution in [0.1, 0.15) is 6.92 Å². The van der Waals surface area contributed by atoms with Gasteiger partial charge in [-0.3, -0.25) is 0 Å². The maximum Gasteiger partial charge on any atom is 0.508 e. The van der Waals surface area contributed by atoms with Crippen molar-refractivity contribution in [3.05, 3.63) is 0 Å². The first-order valence-electron chi connectivity index (χ1n) is 4.16. The van der Waals surface area contributed by atoms with Crippen molar-refractivity contribution in [2.45, 2.75) is 19.1 Å². The fourth-order valence-electron chi connectivity index (χ4n) is 1.00. The molecule has 1 heterocycles. The van der Waals surface area contributed by atoms with E-state index in [4.69, 9.17) is 14.2 Å². The van der Waals surface area contributed by atoms with E-state index >= 15 is 0 Å². The molecular weight excluding hydrogens is 176 g/mol. The van der Waals surface area contributed by atoms with E-state index in [1.54, 1.807) is 7.11 Å². The van der Waals surface area contributed by atoms with Crippen LogP contribution in [0.15, 0.2) is 0 Å². The second-order valence-electron chi connectivity index (χ2n) is 2.90. The van der Waals surface area contributed by atoms with E-state index in [0.29, 0.717) is 13.2 Å². The molecule has 0 bridgehead atoms. The molecule has 0 aromatic rings. The molecule has 2 unspecified atom stereocenters. The van der Waals surface area contributed by atoms with E-state index in [2.05, 4.69) is 4.74 Å². The molecule has 1 rings (SSSR count). The molecule has 1 fully saturated rings. The second kappa shape index (κ2) is 5.04. The minimum atomic E-state index is -0.618. The van der Waals surface area contributed by atoms with Gasteiger partial charge in [0.05, 0.1) is 19.3 Å². The average molecular weight is 190 g/mol. The summed E-state index contributed by atoms with van der Waals surface area (Å²) in [6.07, 6.45) is -0.885. The van der Waals surface area contributed by atoms with Crippen LogP contribution in [-0.4, -0.2) is 45.3 Å². The van der Waals surface area contributed by atoms with Gasteiger partial charge in [-0.25, -0.2) is 4.79 Å². The zero-order chi connectivity index (χ0) is 9.68. The van der Waals surface area contributed by atoms with Crippen molar-refractivity contribution in [1.82, 2.24) is 0 Å². The van der Waals surface area contributed by atoms with E-state index in [9.17, 15) is 4.79 Å². The number of rotatable bonds is 5. The van der Waals surface area contributed by atoms with Crippen LogP contribution < -0.4 is 0 Å². The van der Waals surface area contributed by atoms with Crippen LogP contribution in [-0.2, 0) is 18.9 Å². The average Bonchev–Trinajstić information content (AvgIpc) is 2.49. The molecule has 0 radical (unpaired) electrons. The lowest BCUT2D eigenvalue weighted by atomic mass is 10.4. The molecule has 0 saturated carbocycles. The minimum Gasteiger partial charge on any atom is -0.430 e. The van der Waals surface area contributed by atoms with Crippen molar-refractivity contribution >= 4 is 6.16 Å². The van der Waals surface area contributed by atoms with Crippen LogP contribution in [0.2, 0.25) is 0 Å². The summed E-state index contributed by atoms with van der Waals surface area (Å²) in [5, 5.41) is 0. The summed E-state index contributed by atoms with van der Waals surface area (Å²) in [6.45, 7) is 3.05. The highest BCUT2D eigenvalue weighted by Crippen LogP contribution is 2.07. The Morgan fingerprint density at radius 1 is 1.69 bits per heavy atom.